The predicted molar refractivity (Wildman–Crippen MR) is 69.1 cm³/mol. The molecule has 2 aromatic rings. The minimum absolute atomic E-state index is 0.0440. The van der Waals surface area contributed by atoms with E-state index in [0.29, 0.717) is 5.56 Å². The maximum absolute atomic E-state index is 12.9. The second kappa shape index (κ2) is 5.21. The quantitative estimate of drug-likeness (QED) is 0.709. The molecule has 5 heteroatoms. The molecule has 0 fully saturated rings. The van der Waals surface area contributed by atoms with Crippen molar-refractivity contribution in [3.63, 3.8) is 0 Å². The van der Waals surface area contributed by atoms with Crippen LogP contribution in [0.2, 0.25) is 5.15 Å². The highest BCUT2D eigenvalue weighted by Gasteiger charge is 2.34. The van der Waals surface area contributed by atoms with E-state index in [1.54, 1.807) is 24.3 Å². The van der Waals surface area contributed by atoms with Gasteiger partial charge in [0.2, 0.25) is 0 Å². The molecular weight excluding hydrogens is 275 g/mol. The first kappa shape index (κ1) is 13.9. The van der Waals surface area contributed by atoms with Gasteiger partial charge in [0.05, 0.1) is 11.3 Å². The number of pyridine rings is 1. The molecule has 100 valence electrons. The Hall–Kier alpha value is -1.55. The first-order valence-corrected chi connectivity index (χ1v) is 6.12. The van der Waals surface area contributed by atoms with E-state index < -0.39 is 11.7 Å². The summed E-state index contributed by atoms with van der Waals surface area (Å²) in [6, 6.07) is 8.95. The molecule has 0 saturated carbocycles. The van der Waals surface area contributed by atoms with Gasteiger partial charge in [0.1, 0.15) is 5.15 Å². The average Bonchev–Trinajstić information content (AvgIpc) is 2.37. The number of rotatable bonds is 2. The van der Waals surface area contributed by atoms with Crippen molar-refractivity contribution in [2.24, 2.45) is 0 Å². The molecule has 0 N–H and O–H groups in total. The van der Waals surface area contributed by atoms with Crippen molar-refractivity contribution in [1.29, 1.82) is 0 Å². The summed E-state index contributed by atoms with van der Waals surface area (Å²) in [6.45, 7) is 1.98. The maximum Gasteiger partial charge on any atom is 0.418 e. The second-order valence-corrected chi connectivity index (χ2v) is 4.47. The van der Waals surface area contributed by atoms with Crippen LogP contribution in [-0.2, 0) is 12.6 Å². The third-order valence-corrected chi connectivity index (χ3v) is 3.01. The largest absolute Gasteiger partial charge is 0.418 e. The van der Waals surface area contributed by atoms with Gasteiger partial charge >= 0.3 is 6.18 Å². The fraction of sp³-hybridized carbons (Fsp3) is 0.214. The Balaban J connectivity index is 2.56. The van der Waals surface area contributed by atoms with Gasteiger partial charge < -0.3 is 0 Å². The lowest BCUT2D eigenvalue weighted by Gasteiger charge is -2.12. The molecule has 0 bridgehead atoms. The Morgan fingerprint density at radius 2 is 1.68 bits per heavy atom. The molecule has 0 saturated heterocycles. The number of benzene rings is 1. The number of aromatic nitrogens is 1. The lowest BCUT2D eigenvalue weighted by Crippen LogP contribution is -2.08. The van der Waals surface area contributed by atoms with E-state index in [1.165, 1.54) is 0 Å². The molecule has 1 aromatic carbocycles. The minimum Gasteiger partial charge on any atom is -0.235 e. The molecule has 0 aliphatic rings. The van der Waals surface area contributed by atoms with Crippen LogP contribution in [0.3, 0.4) is 0 Å². The minimum atomic E-state index is -4.45. The second-order valence-electron chi connectivity index (χ2n) is 4.08. The van der Waals surface area contributed by atoms with Gasteiger partial charge in [0, 0.05) is 5.56 Å². The lowest BCUT2D eigenvalue weighted by molar-refractivity contribution is -0.137. The highest BCUT2D eigenvalue weighted by atomic mass is 35.5. The fourth-order valence-corrected chi connectivity index (χ4v) is 1.93. The molecule has 2 rings (SSSR count). The van der Waals surface area contributed by atoms with Gasteiger partial charge in [0.25, 0.3) is 0 Å². The summed E-state index contributed by atoms with van der Waals surface area (Å²) >= 11 is 5.70. The number of alkyl halides is 3. The van der Waals surface area contributed by atoms with Crippen molar-refractivity contribution in [1.82, 2.24) is 4.98 Å². The zero-order chi connectivity index (χ0) is 14.0. The third kappa shape index (κ3) is 3.07. The molecule has 0 spiro atoms. The van der Waals surface area contributed by atoms with E-state index in [4.69, 9.17) is 11.6 Å². The molecule has 0 amide bonds. The summed E-state index contributed by atoms with van der Waals surface area (Å²) in [5.74, 6) is 0. The molecule has 0 unspecified atom stereocenters. The van der Waals surface area contributed by atoms with Gasteiger partial charge in [-0.15, -0.1) is 0 Å². The van der Waals surface area contributed by atoms with Gasteiger partial charge in [-0.3, -0.25) is 0 Å². The van der Waals surface area contributed by atoms with Crippen molar-refractivity contribution in [2.45, 2.75) is 19.5 Å². The maximum atomic E-state index is 12.9. The molecule has 1 heterocycles. The molecule has 1 aromatic heterocycles. The molecule has 1 nitrogen and oxygen atoms in total. The molecule has 0 atom stereocenters. The Morgan fingerprint density at radius 3 is 2.21 bits per heavy atom. The number of nitrogens with zero attached hydrogens (tertiary/aromatic N) is 1. The Morgan fingerprint density at radius 1 is 1.05 bits per heavy atom. The zero-order valence-electron chi connectivity index (χ0n) is 10.1. The van der Waals surface area contributed by atoms with Crippen LogP contribution in [0.1, 0.15) is 18.1 Å². The van der Waals surface area contributed by atoms with Crippen LogP contribution in [0.5, 0.6) is 0 Å². The van der Waals surface area contributed by atoms with Crippen LogP contribution in [0.25, 0.3) is 11.3 Å². The first-order chi connectivity index (χ1) is 8.91. The van der Waals surface area contributed by atoms with E-state index in [-0.39, 0.29) is 10.8 Å². The number of halogens is 4. The predicted octanol–water partition coefficient (Wildman–Crippen LogP) is 4.98. The van der Waals surface area contributed by atoms with Crippen LogP contribution in [0.4, 0.5) is 13.2 Å². The molecule has 0 aliphatic heterocycles. The zero-order valence-corrected chi connectivity index (χ0v) is 10.9. The smallest absolute Gasteiger partial charge is 0.235 e. The summed E-state index contributed by atoms with van der Waals surface area (Å²) in [6.07, 6.45) is -3.62. The van der Waals surface area contributed by atoms with Crippen molar-refractivity contribution >= 4 is 11.6 Å². The standard InChI is InChI=1S/C14H11ClF3N/c1-2-9-3-5-10(6-4-9)13-11(14(16,17)18)7-8-12(15)19-13/h3-8H,2H2,1H3. The van der Waals surface area contributed by atoms with E-state index in [0.717, 1.165) is 24.1 Å². The summed E-state index contributed by atoms with van der Waals surface area (Å²) in [5, 5.41) is 0.0440. The molecule has 0 aliphatic carbocycles. The van der Waals surface area contributed by atoms with Crippen LogP contribution in [0, 0.1) is 0 Å². The summed E-state index contributed by atoms with van der Waals surface area (Å²) in [7, 11) is 0. The van der Waals surface area contributed by atoms with Gasteiger partial charge in [-0.1, -0.05) is 42.8 Å². The van der Waals surface area contributed by atoms with E-state index in [9.17, 15) is 13.2 Å². The highest BCUT2D eigenvalue weighted by molar-refractivity contribution is 6.29. The van der Waals surface area contributed by atoms with Crippen molar-refractivity contribution < 1.29 is 13.2 Å². The average molecular weight is 286 g/mol. The van der Waals surface area contributed by atoms with Crippen LogP contribution in [-0.4, -0.2) is 4.98 Å². The summed E-state index contributed by atoms with van der Waals surface area (Å²) < 4.78 is 38.8. The highest BCUT2D eigenvalue weighted by Crippen LogP contribution is 2.36. The summed E-state index contributed by atoms with van der Waals surface area (Å²) in [4.78, 5) is 3.81. The normalized spacial score (nSPS) is 11.6. The number of hydrogen-bond acceptors (Lipinski definition) is 1. The molecule has 0 radical (unpaired) electrons. The van der Waals surface area contributed by atoms with Gasteiger partial charge in [-0.2, -0.15) is 13.2 Å². The van der Waals surface area contributed by atoms with E-state index in [2.05, 4.69) is 4.98 Å². The van der Waals surface area contributed by atoms with E-state index in [1.807, 2.05) is 6.92 Å². The Kier molecular flexibility index (Phi) is 3.80. The van der Waals surface area contributed by atoms with Gasteiger partial charge in [-0.25, -0.2) is 4.98 Å². The third-order valence-electron chi connectivity index (χ3n) is 2.80. The first-order valence-electron chi connectivity index (χ1n) is 5.75. The van der Waals surface area contributed by atoms with Gasteiger partial charge in [-0.05, 0) is 24.1 Å². The van der Waals surface area contributed by atoms with Crippen LogP contribution < -0.4 is 0 Å². The number of aryl methyl sites for hydroxylation is 1. The SMILES string of the molecule is CCc1ccc(-c2nc(Cl)ccc2C(F)(F)F)cc1. The number of hydrogen-bond donors (Lipinski definition) is 0. The van der Waals surface area contributed by atoms with Crippen LogP contribution >= 0.6 is 11.6 Å². The monoisotopic (exact) mass is 285 g/mol. The fourth-order valence-electron chi connectivity index (χ4n) is 1.78. The van der Waals surface area contributed by atoms with Gasteiger partial charge in [0.15, 0.2) is 0 Å². The molecular formula is C14H11ClF3N. The van der Waals surface area contributed by atoms with Crippen molar-refractivity contribution in [3.8, 4) is 11.3 Å². The Bertz CT molecular complexity index is 576. The van der Waals surface area contributed by atoms with Crippen molar-refractivity contribution in [3.05, 3.63) is 52.7 Å². The summed E-state index contributed by atoms with van der Waals surface area (Å²) in [5.41, 5.74) is 0.551. The Labute approximate surface area is 114 Å². The van der Waals surface area contributed by atoms with Crippen molar-refractivity contribution in [2.75, 3.05) is 0 Å². The van der Waals surface area contributed by atoms with Crippen LogP contribution in [0.15, 0.2) is 36.4 Å². The topological polar surface area (TPSA) is 12.9 Å². The molecule has 19 heavy (non-hydrogen) atoms. The van der Waals surface area contributed by atoms with E-state index >= 15 is 0 Å². The lowest BCUT2D eigenvalue weighted by atomic mass is 10.0.